The number of carbonyl (C=O) groups excluding carboxylic acids is 3. The minimum atomic E-state index is -0.965. The number of hydrogen-bond donors (Lipinski definition) is 1. The number of methoxy groups -OCH3 is 1. The first-order valence-corrected chi connectivity index (χ1v) is 10.5. The van der Waals surface area contributed by atoms with E-state index in [1.807, 2.05) is 24.3 Å². The predicted octanol–water partition coefficient (Wildman–Crippen LogP) is 1.11. The number of esters is 2. The molecule has 33 heavy (non-hydrogen) atoms. The molecule has 0 bridgehead atoms. The molecule has 2 aromatic rings. The number of ether oxygens (including phenoxy) is 4. The Balaban J connectivity index is 1.85. The highest BCUT2D eigenvalue weighted by Gasteiger charge is 2.49. The number of aromatic nitrogens is 3. The van der Waals surface area contributed by atoms with E-state index in [1.54, 1.807) is 24.9 Å². The predicted molar refractivity (Wildman–Crippen MR) is 115 cm³/mol. The first kappa shape index (κ1) is 24.2. The second kappa shape index (κ2) is 10.4. The van der Waals surface area contributed by atoms with Crippen LogP contribution in [-0.2, 0) is 35.1 Å². The normalized spacial score (nSPS) is 24.6. The summed E-state index contributed by atoms with van der Waals surface area (Å²) in [5.41, 5.74) is 1.48. The van der Waals surface area contributed by atoms with Gasteiger partial charge in [0.1, 0.15) is 17.5 Å². The molecule has 11 heteroatoms. The Morgan fingerprint density at radius 3 is 2.27 bits per heavy atom. The van der Waals surface area contributed by atoms with Crippen LogP contribution in [0, 0.1) is 0 Å². The van der Waals surface area contributed by atoms with Crippen LogP contribution in [0.4, 0.5) is 0 Å². The van der Waals surface area contributed by atoms with E-state index < -0.39 is 42.4 Å². The molecule has 1 aliphatic heterocycles. The summed E-state index contributed by atoms with van der Waals surface area (Å²) < 4.78 is 23.8. The molecule has 2 heterocycles. The summed E-state index contributed by atoms with van der Waals surface area (Å²) in [7, 11) is 1.59. The van der Waals surface area contributed by atoms with Gasteiger partial charge in [0, 0.05) is 26.3 Å². The number of nitrogens with one attached hydrogen (secondary N) is 1. The van der Waals surface area contributed by atoms with E-state index in [1.165, 1.54) is 20.8 Å². The SMILES string of the molecule is COc1ccc(-c2cn(CC3OC(C)C(NC(C)=O)C(OC(C)=O)C3OC(C)=O)nn2)cc1. The van der Waals surface area contributed by atoms with E-state index in [0.29, 0.717) is 5.69 Å². The van der Waals surface area contributed by atoms with Crippen LogP contribution in [0.25, 0.3) is 11.3 Å². The lowest BCUT2D eigenvalue weighted by Crippen LogP contribution is -2.65. The Bertz CT molecular complexity index is 991. The maximum atomic E-state index is 11.8. The zero-order chi connectivity index (χ0) is 24.1. The molecule has 1 fully saturated rings. The molecule has 1 aliphatic rings. The van der Waals surface area contributed by atoms with Crippen molar-refractivity contribution in [2.45, 2.75) is 64.7 Å². The molecule has 1 aromatic carbocycles. The summed E-state index contributed by atoms with van der Waals surface area (Å²) in [5.74, 6) is -0.736. The molecule has 0 radical (unpaired) electrons. The fraction of sp³-hybridized carbons (Fsp3) is 0.500. The molecule has 1 N–H and O–H groups in total. The quantitative estimate of drug-likeness (QED) is 0.604. The van der Waals surface area contributed by atoms with Crippen LogP contribution in [-0.4, -0.2) is 70.4 Å². The van der Waals surface area contributed by atoms with Gasteiger partial charge in [0.25, 0.3) is 0 Å². The molecule has 1 saturated heterocycles. The minimum Gasteiger partial charge on any atom is -0.497 e. The van der Waals surface area contributed by atoms with Gasteiger partial charge in [0.15, 0.2) is 12.2 Å². The molecule has 0 aliphatic carbocycles. The van der Waals surface area contributed by atoms with Gasteiger partial charge in [0.2, 0.25) is 5.91 Å². The van der Waals surface area contributed by atoms with Crippen LogP contribution in [0.5, 0.6) is 5.75 Å². The Morgan fingerprint density at radius 1 is 1.06 bits per heavy atom. The summed E-state index contributed by atoms with van der Waals surface area (Å²) in [4.78, 5) is 35.4. The van der Waals surface area contributed by atoms with E-state index in [2.05, 4.69) is 15.6 Å². The maximum Gasteiger partial charge on any atom is 0.303 e. The van der Waals surface area contributed by atoms with Crippen LogP contribution in [0.3, 0.4) is 0 Å². The fourth-order valence-electron chi connectivity index (χ4n) is 3.83. The summed E-state index contributed by atoms with van der Waals surface area (Å²) in [6, 6.07) is 6.68. The van der Waals surface area contributed by atoms with E-state index in [-0.39, 0.29) is 12.5 Å². The third-order valence-electron chi connectivity index (χ3n) is 5.20. The van der Waals surface area contributed by atoms with Crippen molar-refractivity contribution in [1.82, 2.24) is 20.3 Å². The summed E-state index contributed by atoms with van der Waals surface area (Å²) in [6.07, 6.45) is -1.40. The van der Waals surface area contributed by atoms with Crippen molar-refractivity contribution in [2.75, 3.05) is 7.11 Å². The molecule has 1 amide bonds. The highest BCUT2D eigenvalue weighted by molar-refractivity contribution is 5.73. The van der Waals surface area contributed by atoms with E-state index >= 15 is 0 Å². The largest absolute Gasteiger partial charge is 0.497 e. The first-order chi connectivity index (χ1) is 15.7. The lowest BCUT2D eigenvalue weighted by atomic mass is 9.92. The van der Waals surface area contributed by atoms with Crippen molar-refractivity contribution in [3.05, 3.63) is 30.5 Å². The number of amides is 1. The number of carbonyl (C=O) groups is 3. The second-order valence-corrected chi connectivity index (χ2v) is 7.81. The van der Waals surface area contributed by atoms with Gasteiger partial charge < -0.3 is 24.3 Å². The molecule has 1 aromatic heterocycles. The maximum absolute atomic E-state index is 11.8. The third kappa shape index (κ3) is 6.07. The van der Waals surface area contributed by atoms with Gasteiger partial charge in [-0.05, 0) is 31.2 Å². The molecular weight excluding hydrogens is 432 g/mol. The molecule has 3 rings (SSSR count). The monoisotopic (exact) mass is 460 g/mol. The molecule has 0 saturated carbocycles. The van der Waals surface area contributed by atoms with E-state index in [0.717, 1.165) is 11.3 Å². The van der Waals surface area contributed by atoms with Crippen molar-refractivity contribution in [1.29, 1.82) is 0 Å². The standard InChI is InChI=1S/C22H28N4O7/c1-12-20(23-13(2)27)22(33-15(4)29)21(32-14(3)28)19(31-12)11-26-10-18(24-25-26)16-6-8-17(30-5)9-7-16/h6-10,12,19-22H,11H2,1-5H3,(H,23,27). The Morgan fingerprint density at radius 2 is 1.70 bits per heavy atom. The van der Waals surface area contributed by atoms with Crippen LogP contribution in [0.1, 0.15) is 27.7 Å². The van der Waals surface area contributed by atoms with Crippen molar-refractivity contribution in [3.8, 4) is 17.0 Å². The van der Waals surface area contributed by atoms with Crippen LogP contribution in [0.15, 0.2) is 30.5 Å². The van der Waals surface area contributed by atoms with Gasteiger partial charge in [-0.1, -0.05) is 5.21 Å². The summed E-state index contributed by atoms with van der Waals surface area (Å²) in [5, 5.41) is 11.1. The van der Waals surface area contributed by atoms with Gasteiger partial charge in [-0.25, -0.2) is 4.68 Å². The molecule has 11 nitrogen and oxygen atoms in total. The molecule has 178 valence electrons. The summed E-state index contributed by atoms with van der Waals surface area (Å²) in [6.45, 7) is 5.78. The van der Waals surface area contributed by atoms with Crippen LogP contribution < -0.4 is 10.1 Å². The third-order valence-corrected chi connectivity index (χ3v) is 5.20. The molecule has 5 unspecified atom stereocenters. The van der Waals surface area contributed by atoms with Crippen LogP contribution >= 0.6 is 0 Å². The van der Waals surface area contributed by atoms with Gasteiger partial charge in [-0.2, -0.15) is 0 Å². The number of nitrogens with zero attached hydrogens (tertiary/aromatic N) is 3. The number of benzene rings is 1. The lowest BCUT2D eigenvalue weighted by molar-refractivity contribution is -0.215. The average Bonchev–Trinajstić information content (AvgIpc) is 3.21. The van der Waals surface area contributed by atoms with E-state index in [9.17, 15) is 14.4 Å². The highest BCUT2D eigenvalue weighted by Crippen LogP contribution is 2.28. The number of hydrogen-bond acceptors (Lipinski definition) is 9. The van der Waals surface area contributed by atoms with Crippen molar-refractivity contribution >= 4 is 17.8 Å². The Labute approximate surface area is 191 Å². The van der Waals surface area contributed by atoms with Gasteiger partial charge in [-0.15, -0.1) is 5.10 Å². The topological polar surface area (TPSA) is 131 Å². The molecule has 0 spiro atoms. The van der Waals surface area contributed by atoms with Crippen molar-refractivity contribution in [2.24, 2.45) is 0 Å². The fourth-order valence-corrected chi connectivity index (χ4v) is 3.83. The molecule has 5 atom stereocenters. The zero-order valence-corrected chi connectivity index (χ0v) is 19.2. The van der Waals surface area contributed by atoms with Gasteiger partial charge in [0.05, 0.1) is 32.0 Å². The number of rotatable bonds is 7. The Hall–Kier alpha value is -3.47. The molecular formula is C22H28N4O7. The van der Waals surface area contributed by atoms with Crippen LogP contribution in [0.2, 0.25) is 0 Å². The van der Waals surface area contributed by atoms with Crippen molar-refractivity contribution < 1.29 is 33.3 Å². The highest BCUT2D eigenvalue weighted by atomic mass is 16.6. The first-order valence-electron chi connectivity index (χ1n) is 10.5. The second-order valence-electron chi connectivity index (χ2n) is 7.81. The van der Waals surface area contributed by atoms with Crippen molar-refractivity contribution in [3.63, 3.8) is 0 Å². The van der Waals surface area contributed by atoms with Gasteiger partial charge >= 0.3 is 11.9 Å². The Kier molecular flexibility index (Phi) is 7.64. The van der Waals surface area contributed by atoms with E-state index in [4.69, 9.17) is 18.9 Å². The zero-order valence-electron chi connectivity index (χ0n) is 19.2. The smallest absolute Gasteiger partial charge is 0.303 e. The minimum absolute atomic E-state index is 0.177. The summed E-state index contributed by atoms with van der Waals surface area (Å²) >= 11 is 0. The average molecular weight is 460 g/mol. The van der Waals surface area contributed by atoms with Gasteiger partial charge in [-0.3, -0.25) is 14.4 Å². The lowest BCUT2D eigenvalue weighted by Gasteiger charge is -2.44.